The monoisotopic (exact) mass is 842 g/mol. The lowest BCUT2D eigenvalue weighted by Crippen LogP contribution is -2.51. The van der Waals surface area contributed by atoms with Crippen molar-refractivity contribution in [3.05, 3.63) is 40.9 Å². The number of carboxylic acids is 2. The molecule has 8 rings (SSSR count). The summed E-state index contributed by atoms with van der Waals surface area (Å²) in [6.45, 7) is 3.11. The molecule has 4 atom stereocenters. The van der Waals surface area contributed by atoms with Gasteiger partial charge in [0.15, 0.2) is 10.9 Å². The highest BCUT2D eigenvalue weighted by Gasteiger charge is 2.49. The normalized spacial score (nSPS) is 23.4. The number of carbonyl (C=O) groups is 2. The van der Waals surface area contributed by atoms with Crippen LogP contribution in [0.2, 0.25) is 5.02 Å². The number of piperazine rings is 1. The van der Waals surface area contributed by atoms with E-state index in [0.29, 0.717) is 41.9 Å². The third-order valence-electron chi connectivity index (χ3n) is 10.0. The van der Waals surface area contributed by atoms with Crippen molar-refractivity contribution in [3.8, 4) is 17.0 Å². The van der Waals surface area contributed by atoms with Crippen LogP contribution < -0.4 is 20.7 Å². The second-order valence-electron chi connectivity index (χ2n) is 13.8. The Morgan fingerprint density at radius 1 is 1.00 bits per heavy atom. The summed E-state index contributed by atoms with van der Waals surface area (Å²) in [7, 11) is 0. The molecule has 11 nitrogen and oxygen atoms in total. The van der Waals surface area contributed by atoms with Gasteiger partial charge in [0, 0.05) is 60.7 Å². The number of pyridine rings is 1. The molecule has 6 heterocycles. The Morgan fingerprint density at radius 3 is 2.23 bits per heavy atom. The number of nitrogens with one attached hydrogen (secondary N) is 1. The average molecular weight is 843 g/mol. The first-order valence-corrected chi connectivity index (χ1v) is 18.2. The van der Waals surface area contributed by atoms with Crippen molar-refractivity contribution < 1.29 is 64.1 Å². The van der Waals surface area contributed by atoms with Crippen LogP contribution in [-0.2, 0) is 9.59 Å². The number of hydrogen-bond acceptors (Lipinski definition) is 10. The first kappa shape index (κ1) is 41.3. The Hall–Kier alpha value is -4.34. The first-order valence-electron chi connectivity index (χ1n) is 17.0. The summed E-state index contributed by atoms with van der Waals surface area (Å²) in [6.07, 6.45) is -6.57. The number of ether oxygens (including phenoxy) is 1. The zero-order chi connectivity index (χ0) is 40.9. The third-order valence-corrected chi connectivity index (χ3v) is 11.2. The number of nitrogens with zero attached hydrogens (tertiary/aromatic N) is 4. The third kappa shape index (κ3) is 8.49. The lowest BCUT2D eigenvalue weighted by Gasteiger charge is -2.35. The fourth-order valence-electron chi connectivity index (χ4n) is 7.68. The van der Waals surface area contributed by atoms with Gasteiger partial charge in [-0.3, -0.25) is 4.90 Å². The van der Waals surface area contributed by atoms with Gasteiger partial charge in [-0.15, -0.1) is 0 Å². The van der Waals surface area contributed by atoms with Crippen LogP contribution in [-0.4, -0.2) is 106 Å². The van der Waals surface area contributed by atoms with E-state index in [2.05, 4.69) is 25.1 Å². The van der Waals surface area contributed by atoms with Gasteiger partial charge in [-0.1, -0.05) is 22.9 Å². The van der Waals surface area contributed by atoms with Crippen LogP contribution in [0.1, 0.15) is 32.1 Å². The van der Waals surface area contributed by atoms with E-state index in [4.69, 9.17) is 41.9 Å². The lowest BCUT2D eigenvalue weighted by molar-refractivity contribution is -0.193. The number of benzene rings is 2. The number of anilines is 2. The van der Waals surface area contributed by atoms with E-state index in [9.17, 15) is 35.1 Å². The van der Waals surface area contributed by atoms with Crippen LogP contribution in [0.4, 0.5) is 50.3 Å². The Bertz CT molecular complexity index is 2120. The number of carboxylic acid groups (broad SMARTS) is 2. The van der Waals surface area contributed by atoms with Gasteiger partial charge in [-0.05, 0) is 50.4 Å². The number of rotatable bonds is 5. The van der Waals surface area contributed by atoms with Crippen LogP contribution in [0.3, 0.4) is 0 Å². The molecule has 4 saturated heterocycles. The van der Waals surface area contributed by atoms with Crippen LogP contribution in [0.25, 0.3) is 32.2 Å². The smallest absolute Gasteiger partial charge is 0.476 e. The molecule has 0 saturated carbocycles. The van der Waals surface area contributed by atoms with Crippen LogP contribution in [0.15, 0.2) is 24.3 Å². The Labute approximate surface area is 320 Å². The molecule has 2 bridgehead atoms. The van der Waals surface area contributed by atoms with Gasteiger partial charge < -0.3 is 30.9 Å². The van der Waals surface area contributed by atoms with Gasteiger partial charge in [0.2, 0.25) is 5.88 Å². The molecule has 4 aromatic rings. The minimum Gasteiger partial charge on any atom is -0.476 e. The summed E-state index contributed by atoms with van der Waals surface area (Å²) in [5.74, 6) is -6.33. The van der Waals surface area contributed by atoms with Crippen molar-refractivity contribution in [2.24, 2.45) is 0 Å². The topological polar surface area (TPSA) is 154 Å². The highest BCUT2D eigenvalue weighted by atomic mass is 35.5. The second kappa shape index (κ2) is 15.5. The van der Waals surface area contributed by atoms with Crippen LogP contribution in [0.5, 0.6) is 5.88 Å². The maximum Gasteiger partial charge on any atom is 0.490 e. The second-order valence-corrected chi connectivity index (χ2v) is 15.2. The minimum absolute atomic E-state index is 0.0899. The minimum atomic E-state index is -5.08. The number of alkyl halides is 7. The predicted molar refractivity (Wildman–Crippen MR) is 188 cm³/mol. The molecular formula is C34H32ClF9N6O5S. The maximum absolute atomic E-state index is 16.7. The number of hydrogen-bond donors (Lipinski definition) is 4. The lowest BCUT2D eigenvalue weighted by atomic mass is 9.95. The van der Waals surface area contributed by atoms with Gasteiger partial charge in [-0.2, -0.15) is 26.3 Å². The number of thiazole rings is 1. The van der Waals surface area contributed by atoms with E-state index >= 15 is 4.39 Å². The highest BCUT2D eigenvalue weighted by Crippen LogP contribution is 2.45. The largest absolute Gasteiger partial charge is 0.490 e. The van der Waals surface area contributed by atoms with Crippen molar-refractivity contribution in [1.82, 2.24) is 20.2 Å². The number of nitrogens with two attached hydrogens (primary N) is 1. The summed E-state index contributed by atoms with van der Waals surface area (Å²) < 4.78 is 116. The van der Waals surface area contributed by atoms with E-state index in [1.54, 1.807) is 6.07 Å². The van der Waals surface area contributed by atoms with E-state index in [1.807, 2.05) is 6.07 Å². The summed E-state index contributed by atoms with van der Waals surface area (Å²) in [6, 6.07) is 7.06. The van der Waals surface area contributed by atoms with Crippen molar-refractivity contribution in [2.75, 3.05) is 43.4 Å². The molecule has 56 heavy (non-hydrogen) atoms. The number of halogens is 10. The molecule has 0 amide bonds. The zero-order valence-electron chi connectivity index (χ0n) is 28.8. The SMILES string of the molecule is Nc1nc2c(-c3c(Cl)cc4c(N5C[C@H]6CC[C@@H](C5)N6)cc(OC[C@@]56CCCN5C[C@H](F)C6)nc4c3F)ccc(F)c2s1.O=C(O)C(F)(F)F.O=C(O)C(F)(F)F. The molecule has 304 valence electrons. The van der Waals surface area contributed by atoms with Gasteiger partial charge >= 0.3 is 24.3 Å². The molecule has 4 fully saturated rings. The Kier molecular flexibility index (Phi) is 11.5. The molecule has 0 aliphatic carbocycles. The van der Waals surface area contributed by atoms with Crippen molar-refractivity contribution >= 4 is 66.8 Å². The molecule has 0 spiro atoms. The summed E-state index contributed by atoms with van der Waals surface area (Å²) >= 11 is 7.82. The first-order chi connectivity index (χ1) is 26.2. The number of nitrogen functional groups attached to an aromatic ring is 1. The zero-order valence-corrected chi connectivity index (χ0v) is 30.4. The number of fused-ring (bicyclic) bond motifs is 5. The molecule has 0 unspecified atom stereocenters. The standard InChI is InChI=1S/C30H30ClF3N6OS.2C2HF3O2/c31-20-8-19-22(39-12-16-2-3-17(13-39)36-16)9-23(41-14-30-6-1-7-40(30)11-15(32)10-30)37-26(19)25(34)24(20)18-4-5-21(33)28-27(18)38-29(35)42-28;2*3-2(4,5)1(6)7/h4-5,8-9,15-17,36H,1-3,6-7,10-14H2,(H2,35,38);2*(H,6,7)/t15-,16-,17+,30+;;/m1../s1. The molecule has 4 aliphatic rings. The van der Waals surface area contributed by atoms with E-state index in [-0.39, 0.29) is 43.6 Å². The van der Waals surface area contributed by atoms with Crippen LogP contribution in [0, 0.1) is 11.6 Å². The molecule has 2 aromatic heterocycles. The maximum atomic E-state index is 16.7. The molecule has 5 N–H and O–H groups in total. The van der Waals surface area contributed by atoms with E-state index in [1.165, 1.54) is 12.1 Å². The molecular weight excluding hydrogens is 811 g/mol. The van der Waals surface area contributed by atoms with Gasteiger partial charge in [0.05, 0.1) is 26.5 Å². The van der Waals surface area contributed by atoms with Gasteiger partial charge in [-0.25, -0.2) is 32.7 Å². The summed E-state index contributed by atoms with van der Waals surface area (Å²) in [4.78, 5) is 31.2. The van der Waals surface area contributed by atoms with Crippen molar-refractivity contribution in [1.29, 1.82) is 0 Å². The van der Waals surface area contributed by atoms with Gasteiger partial charge in [0.1, 0.15) is 24.1 Å². The quantitative estimate of drug-likeness (QED) is 0.151. The Balaban J connectivity index is 0.000000326. The summed E-state index contributed by atoms with van der Waals surface area (Å²) in [5, 5.41) is 18.8. The van der Waals surface area contributed by atoms with Crippen molar-refractivity contribution in [3.63, 3.8) is 0 Å². The van der Waals surface area contributed by atoms with Crippen LogP contribution >= 0.6 is 22.9 Å². The number of aliphatic carboxylic acids is 2. The molecule has 22 heteroatoms. The Morgan fingerprint density at radius 2 is 1.62 bits per heavy atom. The molecule has 2 aromatic carbocycles. The van der Waals surface area contributed by atoms with Crippen molar-refractivity contribution in [2.45, 2.75) is 68.3 Å². The van der Waals surface area contributed by atoms with E-state index < -0.39 is 42.1 Å². The molecule has 0 radical (unpaired) electrons. The highest BCUT2D eigenvalue weighted by molar-refractivity contribution is 7.22. The van der Waals surface area contributed by atoms with E-state index in [0.717, 1.165) is 62.3 Å². The fourth-order valence-corrected chi connectivity index (χ4v) is 8.74. The number of aromatic nitrogens is 2. The fraction of sp³-hybridized carbons (Fsp3) is 0.471. The average Bonchev–Trinajstić information content (AvgIpc) is 3.86. The summed E-state index contributed by atoms with van der Waals surface area (Å²) in [5.41, 5.74) is 7.15. The molecule has 4 aliphatic heterocycles. The van der Waals surface area contributed by atoms with Gasteiger partial charge in [0.25, 0.3) is 0 Å². The predicted octanol–water partition coefficient (Wildman–Crippen LogP) is 7.19.